The standard InChI is InChI=1S/C14H13N3O5S/c1-2-22-11-7-10(17(20)21)6-9(13(11)18)8-15-16-14(19)12-4-3-5-23-12/h3-8,18H,2H2,1H3,(H,16,19)/b15-8-. The summed E-state index contributed by atoms with van der Waals surface area (Å²) < 4.78 is 5.15. The zero-order valence-electron chi connectivity index (χ0n) is 12.1. The Morgan fingerprint density at radius 3 is 2.96 bits per heavy atom. The lowest BCUT2D eigenvalue weighted by Gasteiger charge is -2.07. The van der Waals surface area contributed by atoms with Crippen LogP contribution in [-0.2, 0) is 0 Å². The topological polar surface area (TPSA) is 114 Å². The van der Waals surface area contributed by atoms with Crippen molar-refractivity contribution in [2.45, 2.75) is 6.92 Å². The van der Waals surface area contributed by atoms with Gasteiger partial charge in [-0.2, -0.15) is 5.10 Å². The number of amides is 1. The quantitative estimate of drug-likeness (QED) is 0.478. The van der Waals surface area contributed by atoms with E-state index in [-0.39, 0.29) is 29.4 Å². The van der Waals surface area contributed by atoms with Crippen molar-refractivity contribution in [3.8, 4) is 11.5 Å². The SMILES string of the molecule is CCOc1cc([N+](=O)[O-])cc(/C=N\NC(=O)c2cccs2)c1O. The Labute approximate surface area is 135 Å². The molecule has 120 valence electrons. The summed E-state index contributed by atoms with van der Waals surface area (Å²) in [5.41, 5.74) is 2.09. The van der Waals surface area contributed by atoms with Crippen molar-refractivity contribution in [1.82, 2.24) is 5.43 Å². The molecule has 0 saturated carbocycles. The summed E-state index contributed by atoms with van der Waals surface area (Å²) in [6.45, 7) is 1.92. The van der Waals surface area contributed by atoms with Gasteiger partial charge < -0.3 is 9.84 Å². The fourth-order valence-corrected chi connectivity index (χ4v) is 2.32. The summed E-state index contributed by atoms with van der Waals surface area (Å²) in [6.07, 6.45) is 1.12. The number of rotatable bonds is 6. The minimum Gasteiger partial charge on any atom is -0.504 e. The van der Waals surface area contributed by atoms with E-state index in [0.717, 1.165) is 18.3 Å². The lowest BCUT2D eigenvalue weighted by atomic mass is 10.1. The van der Waals surface area contributed by atoms with E-state index in [9.17, 15) is 20.0 Å². The molecule has 0 atom stereocenters. The molecule has 2 rings (SSSR count). The van der Waals surface area contributed by atoms with Gasteiger partial charge in [0.05, 0.1) is 28.7 Å². The second kappa shape index (κ2) is 7.36. The van der Waals surface area contributed by atoms with Crippen molar-refractivity contribution in [1.29, 1.82) is 0 Å². The molecule has 0 aliphatic rings. The lowest BCUT2D eigenvalue weighted by Crippen LogP contribution is -2.16. The number of non-ortho nitro benzene ring substituents is 1. The molecule has 0 unspecified atom stereocenters. The lowest BCUT2D eigenvalue weighted by molar-refractivity contribution is -0.385. The van der Waals surface area contributed by atoms with Gasteiger partial charge in [-0.3, -0.25) is 14.9 Å². The number of aromatic hydroxyl groups is 1. The molecule has 1 aromatic carbocycles. The van der Waals surface area contributed by atoms with Crippen molar-refractivity contribution in [2.75, 3.05) is 6.61 Å². The molecule has 1 aromatic heterocycles. The Balaban J connectivity index is 2.22. The number of hydrogen-bond acceptors (Lipinski definition) is 7. The number of hydrogen-bond donors (Lipinski definition) is 2. The Morgan fingerprint density at radius 2 is 2.35 bits per heavy atom. The van der Waals surface area contributed by atoms with Gasteiger partial charge in [0.1, 0.15) is 0 Å². The first-order valence-electron chi connectivity index (χ1n) is 6.54. The number of phenols is 1. The Kier molecular flexibility index (Phi) is 5.26. The van der Waals surface area contributed by atoms with Gasteiger partial charge in [0.15, 0.2) is 11.5 Å². The van der Waals surface area contributed by atoms with Crippen LogP contribution >= 0.6 is 11.3 Å². The molecule has 2 N–H and O–H groups in total. The summed E-state index contributed by atoms with van der Waals surface area (Å²) in [5.74, 6) is -0.717. The number of carbonyl (C=O) groups is 1. The van der Waals surface area contributed by atoms with Crippen molar-refractivity contribution in [2.24, 2.45) is 5.10 Å². The van der Waals surface area contributed by atoms with Gasteiger partial charge in [-0.1, -0.05) is 6.07 Å². The van der Waals surface area contributed by atoms with Gasteiger partial charge in [-0.15, -0.1) is 11.3 Å². The second-order valence-electron chi connectivity index (χ2n) is 4.25. The van der Waals surface area contributed by atoms with Crippen molar-refractivity contribution in [3.63, 3.8) is 0 Å². The fourth-order valence-electron chi connectivity index (χ4n) is 1.71. The minimum atomic E-state index is -0.608. The number of phenolic OH excluding ortho intramolecular Hbond substituents is 1. The molecular formula is C14H13N3O5S. The third-order valence-electron chi connectivity index (χ3n) is 2.71. The maximum absolute atomic E-state index is 11.7. The van der Waals surface area contributed by atoms with Gasteiger partial charge in [-0.05, 0) is 18.4 Å². The number of benzene rings is 1. The van der Waals surface area contributed by atoms with Crippen LogP contribution in [0.5, 0.6) is 11.5 Å². The van der Waals surface area contributed by atoms with E-state index in [1.165, 1.54) is 11.3 Å². The number of carbonyl (C=O) groups excluding carboxylic acids is 1. The Hall–Kier alpha value is -2.94. The molecule has 0 radical (unpaired) electrons. The van der Waals surface area contributed by atoms with E-state index in [1.54, 1.807) is 24.4 Å². The van der Waals surface area contributed by atoms with Crippen molar-refractivity contribution < 1.29 is 19.6 Å². The number of nitrogens with one attached hydrogen (secondary N) is 1. The molecule has 1 heterocycles. The van der Waals surface area contributed by atoms with E-state index in [0.29, 0.717) is 4.88 Å². The summed E-state index contributed by atoms with van der Waals surface area (Å²) in [5, 5.41) is 26.4. The third kappa shape index (κ3) is 4.04. The summed E-state index contributed by atoms with van der Waals surface area (Å²) >= 11 is 1.25. The summed E-state index contributed by atoms with van der Waals surface area (Å²) in [6, 6.07) is 5.62. The highest BCUT2D eigenvalue weighted by molar-refractivity contribution is 7.12. The molecule has 9 heteroatoms. The zero-order chi connectivity index (χ0) is 16.8. The van der Waals surface area contributed by atoms with E-state index in [4.69, 9.17) is 4.74 Å². The smallest absolute Gasteiger partial charge is 0.281 e. The molecule has 0 bridgehead atoms. The minimum absolute atomic E-state index is 0.0206. The molecule has 0 aliphatic carbocycles. The zero-order valence-corrected chi connectivity index (χ0v) is 12.9. The van der Waals surface area contributed by atoms with E-state index < -0.39 is 10.8 Å². The highest BCUT2D eigenvalue weighted by atomic mass is 32.1. The average molecular weight is 335 g/mol. The molecular weight excluding hydrogens is 322 g/mol. The number of ether oxygens (including phenoxy) is 1. The Morgan fingerprint density at radius 1 is 1.57 bits per heavy atom. The fraction of sp³-hybridized carbons (Fsp3) is 0.143. The largest absolute Gasteiger partial charge is 0.504 e. The van der Waals surface area contributed by atoms with Crippen LogP contribution in [0.1, 0.15) is 22.2 Å². The van der Waals surface area contributed by atoms with E-state index in [1.807, 2.05) is 0 Å². The maximum atomic E-state index is 11.7. The van der Waals surface area contributed by atoms with Gasteiger partial charge in [0.25, 0.3) is 11.6 Å². The first kappa shape index (κ1) is 16.4. The van der Waals surface area contributed by atoms with Gasteiger partial charge in [0, 0.05) is 11.6 Å². The number of nitro groups is 1. The molecule has 8 nitrogen and oxygen atoms in total. The van der Waals surface area contributed by atoms with Gasteiger partial charge >= 0.3 is 0 Å². The summed E-state index contributed by atoms with van der Waals surface area (Å²) in [7, 11) is 0. The van der Waals surface area contributed by atoms with Crippen LogP contribution in [0, 0.1) is 10.1 Å². The van der Waals surface area contributed by atoms with Crippen LogP contribution < -0.4 is 10.2 Å². The van der Waals surface area contributed by atoms with Crippen molar-refractivity contribution in [3.05, 3.63) is 50.2 Å². The molecule has 0 saturated heterocycles. The van der Waals surface area contributed by atoms with Crippen LogP contribution in [-0.4, -0.2) is 28.8 Å². The van der Waals surface area contributed by atoms with Crippen LogP contribution in [0.4, 0.5) is 5.69 Å². The van der Waals surface area contributed by atoms with Crippen LogP contribution in [0.15, 0.2) is 34.7 Å². The molecule has 23 heavy (non-hydrogen) atoms. The van der Waals surface area contributed by atoms with E-state index in [2.05, 4.69) is 10.5 Å². The van der Waals surface area contributed by atoms with Crippen LogP contribution in [0.3, 0.4) is 0 Å². The number of nitro benzene ring substituents is 1. The monoisotopic (exact) mass is 335 g/mol. The predicted molar refractivity (Wildman–Crippen MR) is 85.3 cm³/mol. The average Bonchev–Trinajstić information content (AvgIpc) is 3.05. The molecule has 2 aromatic rings. The first-order chi connectivity index (χ1) is 11.0. The Bertz CT molecular complexity index is 743. The highest BCUT2D eigenvalue weighted by Gasteiger charge is 2.16. The van der Waals surface area contributed by atoms with Crippen LogP contribution in [0.2, 0.25) is 0 Å². The molecule has 0 aliphatic heterocycles. The first-order valence-corrected chi connectivity index (χ1v) is 7.42. The number of thiophene rings is 1. The van der Waals surface area contributed by atoms with Crippen LogP contribution in [0.25, 0.3) is 0 Å². The normalized spacial score (nSPS) is 10.7. The maximum Gasteiger partial charge on any atom is 0.281 e. The molecule has 0 fully saturated rings. The number of nitrogens with zero attached hydrogens (tertiary/aromatic N) is 2. The predicted octanol–water partition coefficient (Wildman–Crippen LogP) is 2.52. The number of hydrazone groups is 1. The van der Waals surface area contributed by atoms with Crippen molar-refractivity contribution >= 4 is 29.1 Å². The summed E-state index contributed by atoms with van der Waals surface area (Å²) in [4.78, 5) is 22.5. The second-order valence-corrected chi connectivity index (χ2v) is 5.20. The highest BCUT2D eigenvalue weighted by Crippen LogP contribution is 2.33. The molecule has 1 amide bonds. The third-order valence-corrected chi connectivity index (χ3v) is 3.58. The van der Waals surface area contributed by atoms with Gasteiger partial charge in [-0.25, -0.2) is 5.43 Å². The van der Waals surface area contributed by atoms with Gasteiger partial charge in [0.2, 0.25) is 0 Å². The molecule has 0 spiro atoms. The van der Waals surface area contributed by atoms with E-state index >= 15 is 0 Å².